The molecule has 0 fully saturated rings. The van der Waals surface area contributed by atoms with Crippen LogP contribution in [0.3, 0.4) is 0 Å². The summed E-state index contributed by atoms with van der Waals surface area (Å²) in [6.07, 6.45) is -3.16. The Balaban J connectivity index is 6.17. The number of aliphatic carboxylic acids is 1. The molecule has 0 radical (unpaired) electrons. The van der Waals surface area contributed by atoms with Crippen molar-refractivity contribution in [2.75, 3.05) is 38.5 Å². The monoisotopic (exact) mass is 1110 g/mol. The molecule has 76 heavy (non-hydrogen) atoms. The van der Waals surface area contributed by atoms with Crippen molar-refractivity contribution >= 4 is 89.5 Å². The second-order valence-corrected chi connectivity index (χ2v) is 18.1. The van der Waals surface area contributed by atoms with E-state index in [-0.39, 0.29) is 63.3 Å². The average Bonchev–Trinajstić information content (AvgIpc) is 3.34. The maximum atomic E-state index is 13.9. The van der Waals surface area contributed by atoms with E-state index in [9.17, 15) is 72.9 Å². The number of carbonyl (C=O) groups excluding carboxylic acids is 11. The number of aliphatic hydroxyl groups is 3. The number of aliphatic imine (C=N–C) groups is 1. The van der Waals surface area contributed by atoms with Crippen LogP contribution in [0.2, 0.25) is 0 Å². The van der Waals surface area contributed by atoms with Crippen LogP contribution in [-0.2, 0) is 57.5 Å². The number of carboxylic acids is 1. The zero-order chi connectivity index (χ0) is 58.4. The molecule has 432 valence electrons. The molecule has 0 saturated carbocycles. The van der Waals surface area contributed by atoms with E-state index in [1.165, 1.54) is 13.8 Å². The predicted octanol–water partition coefficient (Wildman–Crippen LogP) is -9.68. The Kier molecular flexibility index (Phi) is 32.8. The van der Waals surface area contributed by atoms with Crippen LogP contribution in [0.1, 0.15) is 79.6 Å². The first-order chi connectivity index (χ1) is 35.5. The molecule has 0 spiro atoms. The molecule has 0 aromatic carbocycles. The third-order valence-electron chi connectivity index (χ3n) is 10.8. The molecule has 11 atom stereocenters. The number of rotatable bonds is 37. The molecule has 0 aromatic rings. The smallest absolute Gasteiger partial charge is 0.322 e. The Morgan fingerprint density at radius 1 is 0.539 bits per heavy atom. The van der Waals surface area contributed by atoms with Crippen LogP contribution in [0.4, 0.5) is 0 Å². The molecular formula is C43H78N16O16S. The van der Waals surface area contributed by atoms with Gasteiger partial charge in [-0.1, -0.05) is 13.8 Å². The number of guanidine groups is 1. The summed E-state index contributed by atoms with van der Waals surface area (Å²) < 4.78 is 0. The second-order valence-electron chi connectivity index (χ2n) is 17.8. The molecule has 33 heteroatoms. The molecular weight excluding hydrogens is 1030 g/mol. The summed E-state index contributed by atoms with van der Waals surface area (Å²) in [6, 6.07) is -13.4. The van der Waals surface area contributed by atoms with Crippen molar-refractivity contribution in [3.63, 3.8) is 0 Å². The van der Waals surface area contributed by atoms with Gasteiger partial charge < -0.3 is 102 Å². The minimum Gasteiger partial charge on any atom is -0.480 e. The lowest BCUT2D eigenvalue weighted by molar-refractivity contribution is -0.138. The molecule has 0 bridgehead atoms. The molecule has 0 heterocycles. The van der Waals surface area contributed by atoms with Crippen LogP contribution in [0.25, 0.3) is 0 Å². The van der Waals surface area contributed by atoms with Crippen LogP contribution < -0.4 is 81.8 Å². The molecule has 11 amide bonds. The predicted molar refractivity (Wildman–Crippen MR) is 273 cm³/mol. The van der Waals surface area contributed by atoms with E-state index < -0.39 is 163 Å². The third-order valence-corrected chi connectivity index (χ3v) is 11.2. The van der Waals surface area contributed by atoms with E-state index in [0.29, 0.717) is 6.42 Å². The van der Waals surface area contributed by atoms with E-state index in [1.807, 2.05) is 0 Å². The number of amides is 11. The van der Waals surface area contributed by atoms with Crippen molar-refractivity contribution in [2.24, 2.45) is 39.6 Å². The molecule has 32 nitrogen and oxygen atoms in total. The summed E-state index contributed by atoms with van der Waals surface area (Å²) in [5.41, 5.74) is 27.4. The molecule has 0 aliphatic heterocycles. The summed E-state index contributed by atoms with van der Waals surface area (Å²) in [4.78, 5) is 158. The lowest BCUT2D eigenvalue weighted by Crippen LogP contribution is -2.61. The topological polar surface area (TPSA) is 549 Å². The summed E-state index contributed by atoms with van der Waals surface area (Å²) in [5.74, 6) is -13.0. The van der Waals surface area contributed by atoms with Crippen molar-refractivity contribution in [3.8, 4) is 0 Å². The van der Waals surface area contributed by atoms with Crippen molar-refractivity contribution < 1.29 is 78.0 Å². The number of unbranched alkanes of at least 4 members (excludes halogenated alkanes) is 1. The van der Waals surface area contributed by atoms with Crippen LogP contribution >= 0.6 is 12.6 Å². The van der Waals surface area contributed by atoms with Crippen LogP contribution in [0.5, 0.6) is 0 Å². The summed E-state index contributed by atoms with van der Waals surface area (Å²) in [7, 11) is 0. The quantitative estimate of drug-likeness (QED) is 0.0119. The number of hydrogen-bond acceptors (Lipinski definition) is 19. The number of primary amides is 1. The fourth-order valence-corrected chi connectivity index (χ4v) is 6.73. The number of aliphatic hydroxyl groups excluding tert-OH is 3. The first kappa shape index (κ1) is 69.1. The van der Waals surface area contributed by atoms with Gasteiger partial charge >= 0.3 is 5.97 Å². The van der Waals surface area contributed by atoms with Gasteiger partial charge in [0.25, 0.3) is 0 Å². The van der Waals surface area contributed by atoms with Gasteiger partial charge in [0, 0.05) is 18.7 Å². The van der Waals surface area contributed by atoms with Crippen molar-refractivity contribution in [1.82, 2.24) is 53.2 Å². The Bertz CT molecular complexity index is 2030. The normalized spacial score (nSPS) is 15.3. The highest BCUT2D eigenvalue weighted by molar-refractivity contribution is 7.80. The maximum Gasteiger partial charge on any atom is 0.322 e. The van der Waals surface area contributed by atoms with Gasteiger partial charge in [0.15, 0.2) is 5.96 Å². The van der Waals surface area contributed by atoms with E-state index in [4.69, 9.17) is 33.8 Å². The number of thiol groups is 1. The zero-order valence-electron chi connectivity index (χ0n) is 43.1. The van der Waals surface area contributed by atoms with Crippen molar-refractivity contribution in [3.05, 3.63) is 0 Å². The average molecular weight is 1110 g/mol. The Hall–Kier alpha value is -6.94. The number of carboxylic acid groups (broad SMARTS) is 1. The van der Waals surface area contributed by atoms with Crippen LogP contribution in [-0.4, -0.2) is 202 Å². The van der Waals surface area contributed by atoms with Crippen LogP contribution in [0.15, 0.2) is 4.99 Å². The van der Waals surface area contributed by atoms with Gasteiger partial charge in [-0.25, -0.2) is 0 Å². The van der Waals surface area contributed by atoms with Crippen molar-refractivity contribution in [1.29, 1.82) is 0 Å². The molecule has 0 unspecified atom stereocenters. The number of hydrogen-bond donors (Lipinski definition) is 20. The number of carbonyl (C=O) groups is 12. The number of nitrogens with two attached hydrogens (primary N) is 5. The minimum atomic E-state index is -1.82. The zero-order valence-corrected chi connectivity index (χ0v) is 44.0. The lowest BCUT2D eigenvalue weighted by Gasteiger charge is -2.27. The summed E-state index contributed by atoms with van der Waals surface area (Å²) >= 11 is 4.01. The lowest BCUT2D eigenvalue weighted by atomic mass is 10.0. The first-order valence-corrected chi connectivity index (χ1v) is 24.7. The third kappa shape index (κ3) is 27.0. The van der Waals surface area contributed by atoms with Crippen molar-refractivity contribution in [2.45, 2.75) is 146 Å². The van der Waals surface area contributed by atoms with Crippen LogP contribution in [0, 0.1) is 5.92 Å². The SMILES string of the molecule is CC(C)[C@H](NC(=O)CNC(=O)[C@@H](NC(=O)[C@H](CO)NC(=O)[C@H](CCCCN)NC(=O)[C@H](CCCN=C(N)N)NC(=O)[C@H](C)NC(=O)[C@@H](NC(=O)[C@@H](N)CCC(N)=O)[C@@H](C)O)[C@@H](C)O)C(=O)N[C@@H](CS)C(=O)NCC(=O)O. The fourth-order valence-electron chi connectivity index (χ4n) is 6.47. The Morgan fingerprint density at radius 3 is 1.53 bits per heavy atom. The van der Waals surface area contributed by atoms with Gasteiger partial charge in [-0.15, -0.1) is 0 Å². The first-order valence-electron chi connectivity index (χ1n) is 24.1. The van der Waals surface area contributed by atoms with E-state index >= 15 is 0 Å². The number of nitrogens with one attached hydrogen (secondary N) is 10. The maximum absolute atomic E-state index is 13.9. The fraction of sp³-hybridized carbons (Fsp3) is 0.698. The van der Waals surface area contributed by atoms with Gasteiger partial charge in [0.05, 0.1) is 31.4 Å². The van der Waals surface area contributed by atoms with E-state index in [1.54, 1.807) is 13.8 Å². The van der Waals surface area contributed by atoms with Gasteiger partial charge in [-0.3, -0.25) is 62.5 Å². The molecule has 0 saturated heterocycles. The highest BCUT2D eigenvalue weighted by Crippen LogP contribution is 2.08. The van der Waals surface area contributed by atoms with E-state index in [2.05, 4.69) is 70.8 Å². The Morgan fingerprint density at radius 2 is 1.03 bits per heavy atom. The van der Waals surface area contributed by atoms with Gasteiger partial charge in [-0.05, 0) is 71.8 Å². The Labute approximate surface area is 443 Å². The number of nitrogens with zero attached hydrogens (tertiary/aromatic N) is 1. The van der Waals surface area contributed by atoms with Gasteiger partial charge in [0.1, 0.15) is 54.9 Å². The summed E-state index contributed by atoms with van der Waals surface area (Å²) in [6.45, 7) is 4.14. The van der Waals surface area contributed by atoms with Gasteiger partial charge in [-0.2, -0.15) is 12.6 Å². The molecule has 24 N–H and O–H groups in total. The second kappa shape index (κ2) is 36.1. The molecule has 0 aromatic heterocycles. The highest BCUT2D eigenvalue weighted by atomic mass is 32.1. The minimum absolute atomic E-state index is 0.0190. The molecule has 0 aliphatic rings. The van der Waals surface area contributed by atoms with E-state index in [0.717, 1.165) is 6.92 Å². The van der Waals surface area contributed by atoms with Gasteiger partial charge in [0.2, 0.25) is 65.0 Å². The largest absolute Gasteiger partial charge is 0.480 e. The standard InChI is InChI=1S/C43H78N16O16S/c1-19(2)31(41(74)56-27(18-76)36(69)51-16-30(65)66)57-29(64)15-50-40(73)32(21(4)61)59-39(72)26(17-60)55-38(71)24(9-6-7-13-44)54-37(70)25(10-8-14-49-43(47)48)53-34(67)20(3)52-42(75)33(22(5)62)58-35(68)23(45)11-12-28(46)63/h19-27,31-33,60-62,76H,6-18,44-45H2,1-5H3,(H2,46,63)(H,50,73)(H,51,69)(H,52,75)(H,53,67)(H,54,70)(H,55,71)(H,56,74)(H,57,64)(H,58,68)(H,59,72)(H,65,66)(H4,47,48,49)/t20-,21+,22+,23-,24-,25-,26-,27-,31-,32-,33-/m0/s1. The molecule has 0 aliphatic carbocycles. The highest BCUT2D eigenvalue weighted by Gasteiger charge is 2.35. The molecule has 0 rings (SSSR count). The summed E-state index contributed by atoms with van der Waals surface area (Å²) in [5, 5.41) is 62.8.